The van der Waals surface area contributed by atoms with Crippen LogP contribution in [0.2, 0.25) is 0 Å². The average molecular weight is 274 g/mol. The third-order valence-electron chi connectivity index (χ3n) is 2.58. The van der Waals surface area contributed by atoms with E-state index in [1.165, 1.54) is 12.1 Å². The predicted octanol–water partition coefficient (Wildman–Crippen LogP) is 2.93. The molecule has 0 unspecified atom stereocenters. The lowest BCUT2D eigenvalue weighted by atomic mass is 10.3. The van der Waals surface area contributed by atoms with E-state index in [1.54, 1.807) is 35.4 Å². The number of nitrogens with one attached hydrogen (secondary N) is 2. The van der Waals surface area contributed by atoms with Crippen LogP contribution >= 0.6 is 0 Å². The Bertz CT molecular complexity index is 616. The fourth-order valence-electron chi connectivity index (χ4n) is 1.69. The van der Waals surface area contributed by atoms with E-state index in [0.717, 1.165) is 0 Å². The van der Waals surface area contributed by atoms with Crippen molar-refractivity contribution in [2.75, 3.05) is 29.6 Å². The molecule has 0 spiro atoms. The number of rotatable bonds is 3. The topological polar surface area (TPSA) is 57.3 Å². The summed E-state index contributed by atoms with van der Waals surface area (Å²) < 4.78 is 13.4. The van der Waals surface area contributed by atoms with E-state index in [1.807, 2.05) is 14.1 Å². The minimum Gasteiger partial charge on any atom is -0.361 e. The number of para-hydroxylation sites is 1. The van der Waals surface area contributed by atoms with Crippen molar-refractivity contribution >= 4 is 23.2 Å². The van der Waals surface area contributed by atoms with Gasteiger partial charge in [-0.3, -0.25) is 0 Å². The van der Waals surface area contributed by atoms with Gasteiger partial charge in [-0.05, 0) is 24.3 Å². The largest absolute Gasteiger partial charge is 0.361 e. The summed E-state index contributed by atoms with van der Waals surface area (Å²) in [7, 11) is 3.64. The van der Waals surface area contributed by atoms with Gasteiger partial charge in [0, 0.05) is 20.3 Å². The van der Waals surface area contributed by atoms with Crippen molar-refractivity contribution in [3.63, 3.8) is 0 Å². The van der Waals surface area contributed by atoms with Gasteiger partial charge in [0.05, 0.1) is 11.4 Å². The van der Waals surface area contributed by atoms with Crippen LogP contribution in [0, 0.1) is 5.82 Å². The summed E-state index contributed by atoms with van der Waals surface area (Å²) in [5, 5.41) is 5.10. The average Bonchev–Trinajstić information content (AvgIpc) is 2.41. The Hall–Kier alpha value is -2.63. The van der Waals surface area contributed by atoms with E-state index in [-0.39, 0.29) is 5.69 Å². The summed E-state index contributed by atoms with van der Waals surface area (Å²) in [6.45, 7) is 0. The highest BCUT2D eigenvalue weighted by Crippen LogP contribution is 2.21. The molecule has 0 saturated heterocycles. The minimum atomic E-state index is -0.522. The van der Waals surface area contributed by atoms with Crippen LogP contribution in [0.3, 0.4) is 0 Å². The number of pyridine rings is 1. The van der Waals surface area contributed by atoms with Gasteiger partial charge in [-0.25, -0.2) is 14.2 Å². The van der Waals surface area contributed by atoms with E-state index in [2.05, 4.69) is 15.6 Å². The van der Waals surface area contributed by atoms with Crippen molar-refractivity contribution in [2.24, 2.45) is 0 Å². The number of carbonyl (C=O) groups is 1. The van der Waals surface area contributed by atoms with Gasteiger partial charge in [-0.1, -0.05) is 12.1 Å². The minimum absolute atomic E-state index is 0.125. The third-order valence-corrected chi connectivity index (χ3v) is 2.58. The number of carbonyl (C=O) groups excluding carboxylic acids is 1. The molecule has 6 heteroatoms. The van der Waals surface area contributed by atoms with Gasteiger partial charge in [-0.2, -0.15) is 0 Å². The van der Waals surface area contributed by atoms with Crippen LogP contribution in [0.1, 0.15) is 0 Å². The number of anilines is 3. The van der Waals surface area contributed by atoms with Crippen molar-refractivity contribution in [1.82, 2.24) is 4.98 Å². The van der Waals surface area contributed by atoms with Gasteiger partial charge in [0.15, 0.2) is 5.82 Å². The molecule has 0 aliphatic rings. The number of nitrogens with zero attached hydrogens (tertiary/aromatic N) is 2. The summed E-state index contributed by atoms with van der Waals surface area (Å²) in [6, 6.07) is 8.90. The highest BCUT2D eigenvalue weighted by molar-refractivity contribution is 6.01. The molecule has 20 heavy (non-hydrogen) atoms. The predicted molar refractivity (Wildman–Crippen MR) is 77.6 cm³/mol. The molecule has 2 N–H and O–H groups in total. The molecule has 1 aromatic heterocycles. The van der Waals surface area contributed by atoms with Crippen LogP contribution in [0.5, 0.6) is 0 Å². The zero-order chi connectivity index (χ0) is 14.5. The zero-order valence-electron chi connectivity index (χ0n) is 11.2. The molecule has 2 rings (SSSR count). The highest BCUT2D eigenvalue weighted by atomic mass is 19.1. The number of hydrogen-bond acceptors (Lipinski definition) is 3. The molecule has 0 aliphatic carbocycles. The number of aromatic nitrogens is 1. The Kier molecular flexibility index (Phi) is 4.14. The van der Waals surface area contributed by atoms with Crippen LogP contribution in [-0.2, 0) is 0 Å². The smallest absolute Gasteiger partial charge is 0.323 e. The van der Waals surface area contributed by atoms with Gasteiger partial charge in [0.1, 0.15) is 5.82 Å². The van der Waals surface area contributed by atoms with Crippen LogP contribution in [0.4, 0.5) is 26.4 Å². The number of benzene rings is 1. The Morgan fingerprint density at radius 1 is 1.10 bits per heavy atom. The van der Waals surface area contributed by atoms with Gasteiger partial charge < -0.3 is 15.5 Å². The van der Waals surface area contributed by atoms with Crippen LogP contribution in [0.25, 0.3) is 0 Å². The summed E-state index contributed by atoms with van der Waals surface area (Å²) in [4.78, 5) is 17.8. The van der Waals surface area contributed by atoms with Crippen molar-refractivity contribution in [2.45, 2.75) is 0 Å². The molecule has 0 saturated carbocycles. The first-order valence-corrected chi connectivity index (χ1v) is 6.03. The second kappa shape index (κ2) is 6.01. The SMILES string of the molecule is CN(C)c1ncccc1NC(=O)Nc1ccccc1F. The molecule has 2 aromatic rings. The molecule has 0 radical (unpaired) electrons. The standard InChI is InChI=1S/C14H15FN4O/c1-19(2)13-12(8-5-9-16-13)18-14(20)17-11-7-4-3-6-10(11)15/h3-9H,1-2H3,(H2,17,18,20). The second-order valence-corrected chi connectivity index (χ2v) is 4.33. The number of amides is 2. The van der Waals surface area contributed by atoms with Crippen molar-refractivity contribution < 1.29 is 9.18 Å². The maximum Gasteiger partial charge on any atom is 0.323 e. The summed E-state index contributed by atoms with van der Waals surface area (Å²) >= 11 is 0. The van der Waals surface area contributed by atoms with Crippen molar-refractivity contribution in [3.8, 4) is 0 Å². The molecule has 0 atom stereocenters. The Labute approximate surface area is 116 Å². The van der Waals surface area contributed by atoms with E-state index in [0.29, 0.717) is 11.5 Å². The molecule has 2 amide bonds. The van der Waals surface area contributed by atoms with Crippen LogP contribution in [-0.4, -0.2) is 25.1 Å². The van der Waals surface area contributed by atoms with Gasteiger partial charge in [0.2, 0.25) is 0 Å². The number of halogens is 1. The van der Waals surface area contributed by atoms with Gasteiger partial charge in [0.25, 0.3) is 0 Å². The Morgan fingerprint density at radius 2 is 1.75 bits per heavy atom. The molecule has 1 heterocycles. The first-order valence-electron chi connectivity index (χ1n) is 6.03. The summed E-state index contributed by atoms with van der Waals surface area (Å²) in [6.07, 6.45) is 1.63. The zero-order valence-corrected chi connectivity index (χ0v) is 11.2. The van der Waals surface area contributed by atoms with E-state index in [9.17, 15) is 9.18 Å². The summed E-state index contributed by atoms with van der Waals surface area (Å²) in [5.74, 6) is 0.137. The van der Waals surface area contributed by atoms with Gasteiger partial charge >= 0.3 is 6.03 Å². The second-order valence-electron chi connectivity index (χ2n) is 4.33. The molecule has 5 nitrogen and oxygen atoms in total. The maximum absolute atomic E-state index is 13.4. The van der Waals surface area contributed by atoms with E-state index >= 15 is 0 Å². The molecule has 1 aromatic carbocycles. The maximum atomic E-state index is 13.4. The third kappa shape index (κ3) is 3.23. The van der Waals surface area contributed by atoms with Crippen molar-refractivity contribution in [3.05, 3.63) is 48.4 Å². The lowest BCUT2D eigenvalue weighted by Crippen LogP contribution is -2.22. The highest BCUT2D eigenvalue weighted by Gasteiger charge is 2.10. The van der Waals surface area contributed by atoms with E-state index in [4.69, 9.17) is 0 Å². The molecular weight excluding hydrogens is 259 g/mol. The van der Waals surface area contributed by atoms with Crippen molar-refractivity contribution in [1.29, 1.82) is 0 Å². The number of hydrogen-bond donors (Lipinski definition) is 2. The lowest BCUT2D eigenvalue weighted by Gasteiger charge is -2.16. The quantitative estimate of drug-likeness (QED) is 0.904. The Morgan fingerprint density at radius 3 is 2.45 bits per heavy atom. The monoisotopic (exact) mass is 274 g/mol. The van der Waals surface area contributed by atoms with Crippen LogP contribution < -0.4 is 15.5 Å². The van der Waals surface area contributed by atoms with Crippen LogP contribution in [0.15, 0.2) is 42.6 Å². The lowest BCUT2D eigenvalue weighted by molar-refractivity contribution is 0.262. The van der Waals surface area contributed by atoms with E-state index < -0.39 is 11.8 Å². The molecule has 0 fully saturated rings. The molecular formula is C14H15FN4O. The summed E-state index contributed by atoms with van der Waals surface area (Å²) in [5.41, 5.74) is 0.673. The Balaban J connectivity index is 2.11. The molecule has 0 aliphatic heterocycles. The fraction of sp³-hybridized carbons (Fsp3) is 0.143. The molecule has 0 bridgehead atoms. The normalized spacial score (nSPS) is 9.95. The fourth-order valence-corrected chi connectivity index (χ4v) is 1.69. The van der Waals surface area contributed by atoms with Gasteiger partial charge in [-0.15, -0.1) is 0 Å². The number of urea groups is 1. The first-order chi connectivity index (χ1) is 9.58. The first kappa shape index (κ1) is 13.8. The molecule has 104 valence electrons.